The van der Waals surface area contributed by atoms with Gasteiger partial charge in [0.25, 0.3) is 0 Å². The van der Waals surface area contributed by atoms with Gasteiger partial charge in [0.2, 0.25) is 0 Å². The summed E-state index contributed by atoms with van der Waals surface area (Å²) in [6.45, 7) is 2.15. The Hall–Kier alpha value is -1.06. The number of unbranched alkanes of at least 4 members (excludes halogenated alkanes) is 3. The van der Waals surface area contributed by atoms with Crippen LogP contribution in [0.15, 0.2) is 0 Å². The minimum Gasteiger partial charge on any atom is -0.481 e. The van der Waals surface area contributed by atoms with E-state index in [1.54, 1.807) is 0 Å². The average molecular weight is 228 g/mol. The van der Waals surface area contributed by atoms with E-state index in [0.29, 0.717) is 12.8 Å². The summed E-state index contributed by atoms with van der Waals surface area (Å²) in [4.78, 5) is 22.0. The third kappa shape index (κ3) is 3.83. The van der Waals surface area contributed by atoms with Crippen molar-refractivity contribution >= 4 is 11.9 Å². The maximum absolute atomic E-state index is 11.3. The molecule has 0 aromatic rings. The number of hydrogen-bond acceptors (Lipinski definition) is 3. The van der Waals surface area contributed by atoms with Crippen molar-refractivity contribution in [1.82, 2.24) is 0 Å². The van der Waals surface area contributed by atoms with Crippen molar-refractivity contribution in [2.75, 3.05) is 0 Å². The van der Waals surface area contributed by atoms with Crippen LogP contribution in [0.5, 0.6) is 0 Å². The van der Waals surface area contributed by atoms with Gasteiger partial charge in [-0.15, -0.1) is 0 Å². The van der Waals surface area contributed by atoms with Crippen LogP contribution in [0, 0.1) is 5.92 Å². The standard InChI is InChI=1S/C12H20O4/c1-2-3-4-5-6-9-7-8-10(11(13)14)12(15)16-9/h9-10H,2-8H2,1H3,(H,13,14). The summed E-state index contributed by atoms with van der Waals surface area (Å²) in [6.07, 6.45) is 6.54. The van der Waals surface area contributed by atoms with E-state index in [4.69, 9.17) is 9.84 Å². The molecule has 0 amide bonds. The van der Waals surface area contributed by atoms with Gasteiger partial charge in [-0.05, 0) is 25.7 Å². The molecule has 1 aliphatic heterocycles. The summed E-state index contributed by atoms with van der Waals surface area (Å²) in [7, 11) is 0. The summed E-state index contributed by atoms with van der Waals surface area (Å²) < 4.78 is 5.12. The molecule has 0 spiro atoms. The monoisotopic (exact) mass is 228 g/mol. The number of rotatable bonds is 6. The van der Waals surface area contributed by atoms with E-state index in [9.17, 15) is 9.59 Å². The van der Waals surface area contributed by atoms with Crippen molar-refractivity contribution in [3.05, 3.63) is 0 Å². The largest absolute Gasteiger partial charge is 0.481 e. The number of ether oxygens (including phenoxy) is 1. The van der Waals surface area contributed by atoms with Gasteiger partial charge < -0.3 is 9.84 Å². The highest BCUT2D eigenvalue weighted by atomic mass is 16.5. The van der Waals surface area contributed by atoms with E-state index in [1.807, 2.05) is 0 Å². The van der Waals surface area contributed by atoms with Crippen LogP contribution in [-0.4, -0.2) is 23.1 Å². The molecule has 1 heterocycles. The van der Waals surface area contributed by atoms with Crippen molar-refractivity contribution in [2.45, 2.75) is 58.0 Å². The number of carbonyl (C=O) groups is 2. The summed E-state index contributed by atoms with van der Waals surface area (Å²) in [5.41, 5.74) is 0. The minimum absolute atomic E-state index is 0.0556. The zero-order valence-corrected chi connectivity index (χ0v) is 9.78. The van der Waals surface area contributed by atoms with Crippen LogP contribution < -0.4 is 0 Å². The second kappa shape index (κ2) is 6.51. The normalized spacial score (nSPS) is 25.2. The molecule has 0 aromatic carbocycles. The van der Waals surface area contributed by atoms with Crippen molar-refractivity contribution in [2.24, 2.45) is 5.92 Å². The molecule has 2 unspecified atom stereocenters. The highest BCUT2D eigenvalue weighted by Gasteiger charge is 2.34. The molecule has 0 aromatic heterocycles. The summed E-state index contributed by atoms with van der Waals surface area (Å²) in [6, 6.07) is 0. The van der Waals surface area contributed by atoms with E-state index in [-0.39, 0.29) is 6.10 Å². The Balaban J connectivity index is 2.23. The van der Waals surface area contributed by atoms with Gasteiger partial charge in [-0.2, -0.15) is 0 Å². The summed E-state index contributed by atoms with van der Waals surface area (Å²) in [5, 5.41) is 8.74. The first-order valence-corrected chi connectivity index (χ1v) is 6.08. The molecule has 1 N–H and O–H groups in total. The Labute approximate surface area is 96.0 Å². The molecule has 1 saturated heterocycles. The first-order chi connectivity index (χ1) is 7.65. The molecule has 16 heavy (non-hydrogen) atoms. The van der Waals surface area contributed by atoms with Crippen LogP contribution >= 0.6 is 0 Å². The van der Waals surface area contributed by atoms with Crippen LogP contribution in [-0.2, 0) is 14.3 Å². The second-order valence-corrected chi connectivity index (χ2v) is 4.38. The lowest BCUT2D eigenvalue weighted by Gasteiger charge is -2.25. The van der Waals surface area contributed by atoms with Gasteiger partial charge in [-0.25, -0.2) is 0 Å². The van der Waals surface area contributed by atoms with Gasteiger partial charge in [0.15, 0.2) is 5.92 Å². The fourth-order valence-corrected chi connectivity index (χ4v) is 2.00. The molecule has 1 fully saturated rings. The number of aliphatic carboxylic acids is 1. The molecule has 0 radical (unpaired) electrons. The Morgan fingerprint density at radius 1 is 1.38 bits per heavy atom. The van der Waals surface area contributed by atoms with Gasteiger partial charge in [0.1, 0.15) is 6.10 Å². The number of carboxylic acid groups (broad SMARTS) is 1. The van der Waals surface area contributed by atoms with Gasteiger partial charge in [-0.1, -0.05) is 26.2 Å². The molecule has 2 atom stereocenters. The molecular weight excluding hydrogens is 208 g/mol. The molecule has 0 bridgehead atoms. The number of carbonyl (C=O) groups excluding carboxylic acids is 1. The third-order valence-corrected chi connectivity index (χ3v) is 3.02. The number of hydrogen-bond donors (Lipinski definition) is 1. The highest BCUT2D eigenvalue weighted by molar-refractivity contribution is 5.94. The second-order valence-electron chi connectivity index (χ2n) is 4.38. The SMILES string of the molecule is CCCCCCC1CCC(C(=O)O)C(=O)O1. The van der Waals surface area contributed by atoms with Gasteiger partial charge in [0.05, 0.1) is 0 Å². The van der Waals surface area contributed by atoms with Crippen LogP contribution in [0.2, 0.25) is 0 Å². The Kier molecular flexibility index (Phi) is 5.29. The van der Waals surface area contributed by atoms with Crippen LogP contribution in [0.4, 0.5) is 0 Å². The molecular formula is C12H20O4. The van der Waals surface area contributed by atoms with Crippen molar-refractivity contribution in [1.29, 1.82) is 0 Å². The Bertz CT molecular complexity index is 249. The maximum atomic E-state index is 11.3. The fourth-order valence-electron chi connectivity index (χ4n) is 2.00. The fraction of sp³-hybridized carbons (Fsp3) is 0.833. The Morgan fingerprint density at radius 3 is 2.69 bits per heavy atom. The van der Waals surface area contributed by atoms with Crippen LogP contribution in [0.3, 0.4) is 0 Å². The molecule has 4 heteroatoms. The maximum Gasteiger partial charge on any atom is 0.320 e. The van der Waals surface area contributed by atoms with Crippen LogP contribution in [0.1, 0.15) is 51.9 Å². The summed E-state index contributed by atoms with van der Waals surface area (Å²) in [5.74, 6) is -2.56. The zero-order chi connectivity index (χ0) is 12.0. The Morgan fingerprint density at radius 2 is 2.12 bits per heavy atom. The lowest BCUT2D eigenvalue weighted by atomic mass is 9.95. The number of carboxylic acids is 1. The average Bonchev–Trinajstić information content (AvgIpc) is 2.24. The van der Waals surface area contributed by atoms with E-state index in [2.05, 4.69) is 6.92 Å². The van der Waals surface area contributed by atoms with Crippen molar-refractivity contribution < 1.29 is 19.4 Å². The van der Waals surface area contributed by atoms with Gasteiger partial charge in [-0.3, -0.25) is 9.59 Å². The molecule has 1 aliphatic rings. The predicted molar refractivity (Wildman–Crippen MR) is 59.0 cm³/mol. The van der Waals surface area contributed by atoms with E-state index in [1.165, 1.54) is 12.8 Å². The zero-order valence-electron chi connectivity index (χ0n) is 9.78. The van der Waals surface area contributed by atoms with E-state index < -0.39 is 17.9 Å². The van der Waals surface area contributed by atoms with Crippen molar-refractivity contribution in [3.8, 4) is 0 Å². The van der Waals surface area contributed by atoms with E-state index in [0.717, 1.165) is 19.3 Å². The third-order valence-electron chi connectivity index (χ3n) is 3.02. The van der Waals surface area contributed by atoms with Gasteiger partial charge >= 0.3 is 11.9 Å². The summed E-state index contributed by atoms with van der Waals surface area (Å²) >= 11 is 0. The van der Waals surface area contributed by atoms with Crippen LogP contribution in [0.25, 0.3) is 0 Å². The number of esters is 1. The molecule has 0 aliphatic carbocycles. The lowest BCUT2D eigenvalue weighted by Crippen LogP contribution is -2.35. The van der Waals surface area contributed by atoms with Gasteiger partial charge in [0, 0.05) is 0 Å². The molecule has 4 nitrogen and oxygen atoms in total. The van der Waals surface area contributed by atoms with Crippen molar-refractivity contribution in [3.63, 3.8) is 0 Å². The smallest absolute Gasteiger partial charge is 0.320 e. The van der Waals surface area contributed by atoms with E-state index >= 15 is 0 Å². The first-order valence-electron chi connectivity index (χ1n) is 6.08. The quantitative estimate of drug-likeness (QED) is 0.430. The molecule has 92 valence electrons. The number of cyclic esters (lactones) is 1. The molecule has 0 saturated carbocycles. The minimum atomic E-state index is -1.06. The highest BCUT2D eigenvalue weighted by Crippen LogP contribution is 2.24. The lowest BCUT2D eigenvalue weighted by molar-refractivity contribution is -0.168. The predicted octanol–water partition coefficient (Wildman–Crippen LogP) is 2.36. The topological polar surface area (TPSA) is 63.6 Å². The molecule has 1 rings (SSSR count). The first kappa shape index (κ1) is 13.0.